The summed E-state index contributed by atoms with van der Waals surface area (Å²) in [6, 6.07) is 6.41. The van der Waals surface area contributed by atoms with E-state index in [1.54, 1.807) is 25.2 Å². The minimum Gasteiger partial charge on any atom is -0.405 e. The highest BCUT2D eigenvalue weighted by atomic mass is 127. The zero-order chi connectivity index (χ0) is 19.3. The minimum absolute atomic E-state index is 0. The monoisotopic (exact) mass is 512 g/mol. The van der Waals surface area contributed by atoms with Gasteiger partial charge in [0.05, 0.1) is 0 Å². The van der Waals surface area contributed by atoms with E-state index in [0.717, 1.165) is 32.6 Å². The number of halogens is 4. The summed E-state index contributed by atoms with van der Waals surface area (Å²) in [7, 11) is 1.70. The average molecular weight is 512 g/mol. The van der Waals surface area contributed by atoms with E-state index < -0.39 is 6.36 Å². The van der Waals surface area contributed by atoms with Crippen LogP contribution in [0.3, 0.4) is 0 Å². The second-order valence-electron chi connectivity index (χ2n) is 7.08. The van der Waals surface area contributed by atoms with E-state index in [0.29, 0.717) is 11.5 Å². The number of likely N-dealkylation sites (tertiary alicyclic amines) is 1. The van der Waals surface area contributed by atoms with Crippen LogP contribution in [0.4, 0.5) is 13.2 Å². The first-order chi connectivity index (χ1) is 13.0. The standard InChI is InChI=1S/C19H27F3N4O.HI/c1-23-18(24-9-12-26-10-5-2-6-11-26)25-16-13-15(16)14-7-3-4-8-17(14)27-19(20,21)22;/h3-4,7-8,15-16H,2,5-6,9-13H2,1H3,(H2,23,24,25);1H. The van der Waals surface area contributed by atoms with E-state index in [4.69, 9.17) is 0 Å². The van der Waals surface area contributed by atoms with Crippen molar-refractivity contribution in [2.75, 3.05) is 33.2 Å². The van der Waals surface area contributed by atoms with Crippen molar-refractivity contribution in [3.05, 3.63) is 29.8 Å². The predicted molar refractivity (Wildman–Crippen MR) is 114 cm³/mol. The lowest BCUT2D eigenvalue weighted by atomic mass is 10.1. The Kier molecular flexibility index (Phi) is 8.66. The summed E-state index contributed by atoms with van der Waals surface area (Å²) < 4.78 is 41.9. The highest BCUT2D eigenvalue weighted by Gasteiger charge is 2.42. The fraction of sp³-hybridized carbons (Fsp3) is 0.632. The quantitative estimate of drug-likeness (QED) is 0.347. The van der Waals surface area contributed by atoms with Gasteiger partial charge in [-0.25, -0.2) is 0 Å². The fourth-order valence-electron chi connectivity index (χ4n) is 3.59. The number of ether oxygens (including phenoxy) is 1. The van der Waals surface area contributed by atoms with Crippen molar-refractivity contribution < 1.29 is 17.9 Å². The molecule has 0 amide bonds. The van der Waals surface area contributed by atoms with Crippen LogP contribution in [0.15, 0.2) is 29.3 Å². The van der Waals surface area contributed by atoms with Gasteiger partial charge in [0.1, 0.15) is 5.75 Å². The van der Waals surface area contributed by atoms with Gasteiger partial charge < -0.3 is 20.3 Å². The summed E-state index contributed by atoms with van der Waals surface area (Å²) in [5.41, 5.74) is 0.580. The number of aliphatic imine (C=N–C) groups is 1. The van der Waals surface area contributed by atoms with Crippen molar-refractivity contribution in [1.82, 2.24) is 15.5 Å². The Morgan fingerprint density at radius 3 is 2.61 bits per heavy atom. The Hall–Kier alpha value is -1.23. The first-order valence-corrected chi connectivity index (χ1v) is 9.50. The lowest BCUT2D eigenvalue weighted by Crippen LogP contribution is -2.43. The molecule has 28 heavy (non-hydrogen) atoms. The summed E-state index contributed by atoms with van der Waals surface area (Å²) in [6.45, 7) is 4.06. The van der Waals surface area contributed by atoms with Crippen LogP contribution in [0.5, 0.6) is 5.75 Å². The molecule has 0 radical (unpaired) electrons. The molecule has 1 aromatic rings. The van der Waals surface area contributed by atoms with Gasteiger partial charge in [-0.3, -0.25) is 4.99 Å². The number of alkyl halides is 3. The van der Waals surface area contributed by atoms with E-state index in [9.17, 15) is 13.2 Å². The fourth-order valence-corrected chi connectivity index (χ4v) is 3.59. The third-order valence-electron chi connectivity index (χ3n) is 5.05. The summed E-state index contributed by atoms with van der Waals surface area (Å²) in [6.07, 6.45) is -0.0902. The molecule has 158 valence electrons. The molecule has 3 rings (SSSR count). The van der Waals surface area contributed by atoms with E-state index >= 15 is 0 Å². The SMILES string of the molecule is CN=C(NCCN1CCCCC1)NC1CC1c1ccccc1OC(F)(F)F.I. The van der Waals surface area contributed by atoms with Gasteiger partial charge >= 0.3 is 6.36 Å². The number of rotatable bonds is 6. The Bertz CT molecular complexity index is 650. The molecule has 0 bridgehead atoms. The Morgan fingerprint density at radius 1 is 1.21 bits per heavy atom. The number of guanidine groups is 1. The molecule has 0 aromatic heterocycles. The van der Waals surface area contributed by atoms with Crippen LogP contribution in [0.1, 0.15) is 37.2 Å². The number of hydrogen-bond acceptors (Lipinski definition) is 3. The number of piperidine rings is 1. The van der Waals surface area contributed by atoms with E-state index in [-0.39, 0.29) is 41.7 Å². The molecule has 2 unspecified atom stereocenters. The van der Waals surface area contributed by atoms with Gasteiger partial charge in [-0.2, -0.15) is 0 Å². The van der Waals surface area contributed by atoms with Crippen molar-refractivity contribution in [1.29, 1.82) is 0 Å². The zero-order valence-electron chi connectivity index (χ0n) is 16.0. The van der Waals surface area contributed by atoms with Gasteiger partial charge in [0.2, 0.25) is 0 Å². The molecule has 2 N–H and O–H groups in total. The molecule has 1 heterocycles. The molecule has 1 aromatic carbocycles. The minimum atomic E-state index is -4.68. The normalized spacial score (nSPS) is 22.9. The predicted octanol–water partition coefficient (Wildman–Crippen LogP) is 3.71. The first-order valence-electron chi connectivity index (χ1n) is 9.50. The topological polar surface area (TPSA) is 48.9 Å². The molecular formula is C19H28F3IN4O. The Morgan fingerprint density at radius 2 is 1.93 bits per heavy atom. The molecule has 9 heteroatoms. The Labute approximate surface area is 181 Å². The van der Waals surface area contributed by atoms with Gasteiger partial charge in [0, 0.05) is 32.1 Å². The second kappa shape index (κ2) is 10.5. The smallest absolute Gasteiger partial charge is 0.405 e. The second-order valence-corrected chi connectivity index (χ2v) is 7.08. The van der Waals surface area contributed by atoms with Crippen molar-refractivity contribution in [3.8, 4) is 5.75 Å². The number of nitrogens with one attached hydrogen (secondary N) is 2. The molecule has 0 spiro atoms. The van der Waals surface area contributed by atoms with E-state index in [2.05, 4.69) is 25.3 Å². The zero-order valence-corrected chi connectivity index (χ0v) is 18.3. The van der Waals surface area contributed by atoms with Gasteiger partial charge in [-0.15, -0.1) is 37.1 Å². The Balaban J connectivity index is 0.00000280. The van der Waals surface area contributed by atoms with Crippen LogP contribution in [0.25, 0.3) is 0 Å². The third kappa shape index (κ3) is 6.98. The van der Waals surface area contributed by atoms with E-state index in [1.807, 2.05) is 0 Å². The number of nitrogens with zero attached hydrogens (tertiary/aromatic N) is 2. The third-order valence-corrected chi connectivity index (χ3v) is 5.05. The number of benzene rings is 1. The number of hydrogen-bond donors (Lipinski definition) is 2. The summed E-state index contributed by atoms with van der Waals surface area (Å²) >= 11 is 0. The lowest BCUT2D eigenvalue weighted by molar-refractivity contribution is -0.274. The van der Waals surface area contributed by atoms with Crippen molar-refractivity contribution in [3.63, 3.8) is 0 Å². The van der Waals surface area contributed by atoms with Gasteiger partial charge in [-0.05, 0) is 44.0 Å². The summed E-state index contributed by atoms with van der Waals surface area (Å²) in [4.78, 5) is 6.66. The van der Waals surface area contributed by atoms with E-state index in [1.165, 1.54) is 25.3 Å². The molecule has 1 saturated carbocycles. The van der Waals surface area contributed by atoms with Gasteiger partial charge in [-0.1, -0.05) is 24.6 Å². The molecule has 1 aliphatic heterocycles. The maximum Gasteiger partial charge on any atom is 0.573 e. The van der Waals surface area contributed by atoms with Crippen LogP contribution in [-0.4, -0.2) is 56.5 Å². The number of para-hydroxylation sites is 1. The van der Waals surface area contributed by atoms with Crippen molar-refractivity contribution in [2.45, 2.75) is 44.0 Å². The molecule has 1 saturated heterocycles. The largest absolute Gasteiger partial charge is 0.573 e. The van der Waals surface area contributed by atoms with Crippen LogP contribution < -0.4 is 15.4 Å². The highest BCUT2D eigenvalue weighted by molar-refractivity contribution is 14.0. The van der Waals surface area contributed by atoms with Gasteiger partial charge in [0.25, 0.3) is 0 Å². The molecule has 5 nitrogen and oxygen atoms in total. The van der Waals surface area contributed by atoms with Crippen LogP contribution in [0, 0.1) is 0 Å². The average Bonchev–Trinajstić information content (AvgIpc) is 3.40. The molecule has 2 fully saturated rings. The molecular weight excluding hydrogens is 484 g/mol. The summed E-state index contributed by atoms with van der Waals surface area (Å²) in [5, 5.41) is 6.60. The summed E-state index contributed by atoms with van der Waals surface area (Å²) in [5.74, 6) is 0.560. The van der Waals surface area contributed by atoms with Crippen LogP contribution in [0.2, 0.25) is 0 Å². The molecule has 1 aliphatic carbocycles. The lowest BCUT2D eigenvalue weighted by Gasteiger charge is -2.26. The van der Waals surface area contributed by atoms with Crippen LogP contribution >= 0.6 is 24.0 Å². The van der Waals surface area contributed by atoms with Crippen molar-refractivity contribution >= 4 is 29.9 Å². The maximum absolute atomic E-state index is 12.6. The highest BCUT2D eigenvalue weighted by Crippen LogP contribution is 2.45. The first kappa shape index (κ1) is 23.1. The van der Waals surface area contributed by atoms with Gasteiger partial charge in [0.15, 0.2) is 5.96 Å². The van der Waals surface area contributed by atoms with Crippen LogP contribution in [-0.2, 0) is 0 Å². The molecule has 2 aliphatic rings. The maximum atomic E-state index is 12.6. The molecule has 2 atom stereocenters. The van der Waals surface area contributed by atoms with Crippen molar-refractivity contribution in [2.24, 2.45) is 4.99 Å².